The van der Waals surface area contributed by atoms with Crippen LogP contribution in [-0.4, -0.2) is 35.1 Å². The van der Waals surface area contributed by atoms with Crippen LogP contribution >= 0.6 is 0 Å². The zero-order chi connectivity index (χ0) is 14.0. The highest BCUT2D eigenvalue weighted by atomic mass is 16.3. The highest BCUT2D eigenvalue weighted by molar-refractivity contribution is 5.95. The van der Waals surface area contributed by atoms with Gasteiger partial charge in [-0.1, -0.05) is 24.6 Å². The van der Waals surface area contributed by atoms with Crippen LogP contribution in [0.2, 0.25) is 0 Å². The Bertz CT molecular complexity index is 470. The van der Waals surface area contributed by atoms with Crippen LogP contribution in [0.4, 0.5) is 0 Å². The number of amides is 1. The Kier molecular flexibility index (Phi) is 4.25. The molecule has 0 aliphatic carbocycles. The summed E-state index contributed by atoms with van der Waals surface area (Å²) in [6.45, 7) is 7.38. The number of piperidine rings is 1. The summed E-state index contributed by atoms with van der Waals surface area (Å²) in [6, 6.07) is 5.99. The van der Waals surface area contributed by atoms with E-state index in [9.17, 15) is 9.90 Å². The molecule has 0 saturated carbocycles. The predicted octanol–water partition coefficient (Wildman–Crippen LogP) is 2.54. The van der Waals surface area contributed by atoms with Crippen LogP contribution in [0.25, 0.3) is 0 Å². The summed E-state index contributed by atoms with van der Waals surface area (Å²) < 4.78 is 0. The summed E-state index contributed by atoms with van der Waals surface area (Å²) in [5.41, 5.74) is 2.93. The first-order valence-electron chi connectivity index (χ1n) is 7.07. The van der Waals surface area contributed by atoms with E-state index in [0.29, 0.717) is 19.5 Å². The number of benzene rings is 1. The third kappa shape index (κ3) is 2.98. The number of aryl methyl sites for hydroxylation is 2. The fourth-order valence-corrected chi connectivity index (χ4v) is 2.74. The molecular formula is C16H23NO2. The summed E-state index contributed by atoms with van der Waals surface area (Å²) in [7, 11) is 0. The van der Waals surface area contributed by atoms with Gasteiger partial charge in [0.2, 0.25) is 0 Å². The largest absolute Gasteiger partial charge is 0.393 e. The van der Waals surface area contributed by atoms with Crippen molar-refractivity contribution in [2.24, 2.45) is 5.92 Å². The molecule has 104 valence electrons. The Labute approximate surface area is 115 Å². The van der Waals surface area contributed by atoms with Crippen LogP contribution in [0.3, 0.4) is 0 Å². The van der Waals surface area contributed by atoms with Crippen molar-refractivity contribution < 1.29 is 9.90 Å². The van der Waals surface area contributed by atoms with E-state index in [-0.39, 0.29) is 17.9 Å². The van der Waals surface area contributed by atoms with Gasteiger partial charge in [0.1, 0.15) is 0 Å². The van der Waals surface area contributed by atoms with Gasteiger partial charge in [0, 0.05) is 24.6 Å². The Hall–Kier alpha value is -1.35. The lowest BCUT2D eigenvalue weighted by Gasteiger charge is -2.36. The molecule has 1 aromatic carbocycles. The minimum atomic E-state index is -0.257. The third-order valence-corrected chi connectivity index (χ3v) is 4.13. The molecule has 2 rings (SSSR count). The highest BCUT2D eigenvalue weighted by Crippen LogP contribution is 2.22. The lowest BCUT2D eigenvalue weighted by molar-refractivity contribution is 0.0228. The van der Waals surface area contributed by atoms with E-state index in [2.05, 4.69) is 6.92 Å². The average molecular weight is 261 g/mol. The van der Waals surface area contributed by atoms with Gasteiger partial charge in [-0.3, -0.25) is 4.79 Å². The van der Waals surface area contributed by atoms with Crippen molar-refractivity contribution in [3.05, 3.63) is 34.9 Å². The van der Waals surface area contributed by atoms with E-state index in [1.54, 1.807) is 0 Å². The molecule has 1 saturated heterocycles. The molecule has 0 radical (unpaired) electrons. The molecule has 3 nitrogen and oxygen atoms in total. The Morgan fingerprint density at radius 3 is 2.84 bits per heavy atom. The Morgan fingerprint density at radius 1 is 1.42 bits per heavy atom. The monoisotopic (exact) mass is 261 g/mol. The van der Waals surface area contributed by atoms with Crippen molar-refractivity contribution in [2.45, 2.75) is 39.7 Å². The van der Waals surface area contributed by atoms with Crippen LogP contribution < -0.4 is 0 Å². The number of hydrogen-bond donors (Lipinski definition) is 1. The zero-order valence-electron chi connectivity index (χ0n) is 12.0. The summed E-state index contributed by atoms with van der Waals surface area (Å²) in [4.78, 5) is 14.5. The topological polar surface area (TPSA) is 40.5 Å². The van der Waals surface area contributed by atoms with E-state index < -0.39 is 0 Å². The second kappa shape index (κ2) is 5.74. The second-order valence-electron chi connectivity index (χ2n) is 5.59. The van der Waals surface area contributed by atoms with Gasteiger partial charge in [0.05, 0.1) is 6.10 Å². The minimum absolute atomic E-state index is 0.103. The molecule has 0 bridgehead atoms. The van der Waals surface area contributed by atoms with E-state index in [1.807, 2.05) is 36.9 Å². The van der Waals surface area contributed by atoms with Gasteiger partial charge in [0.25, 0.3) is 5.91 Å². The molecule has 1 heterocycles. The number of nitrogens with zero attached hydrogens (tertiary/aromatic N) is 1. The smallest absolute Gasteiger partial charge is 0.254 e. The SMILES string of the molecule is CCC1CN(C(=O)c2cc(C)ccc2C)CCC1O. The van der Waals surface area contributed by atoms with Gasteiger partial charge in [-0.25, -0.2) is 0 Å². The Balaban J connectivity index is 2.18. The summed E-state index contributed by atoms with van der Waals surface area (Å²) >= 11 is 0. The molecule has 3 heteroatoms. The fraction of sp³-hybridized carbons (Fsp3) is 0.562. The minimum Gasteiger partial charge on any atom is -0.393 e. The number of hydrogen-bond acceptors (Lipinski definition) is 2. The molecule has 2 atom stereocenters. The quantitative estimate of drug-likeness (QED) is 0.888. The van der Waals surface area contributed by atoms with Crippen LogP contribution in [0, 0.1) is 19.8 Å². The maximum Gasteiger partial charge on any atom is 0.254 e. The lowest BCUT2D eigenvalue weighted by Crippen LogP contribution is -2.45. The molecular weight excluding hydrogens is 238 g/mol. The molecule has 0 aromatic heterocycles. The van der Waals surface area contributed by atoms with Crippen molar-refractivity contribution in [2.75, 3.05) is 13.1 Å². The maximum absolute atomic E-state index is 12.6. The van der Waals surface area contributed by atoms with Crippen LogP contribution in [0.15, 0.2) is 18.2 Å². The van der Waals surface area contributed by atoms with Gasteiger partial charge in [-0.15, -0.1) is 0 Å². The molecule has 1 aliphatic rings. The third-order valence-electron chi connectivity index (χ3n) is 4.13. The van der Waals surface area contributed by atoms with E-state index in [0.717, 1.165) is 23.1 Å². The molecule has 1 aliphatic heterocycles. The van der Waals surface area contributed by atoms with Gasteiger partial charge >= 0.3 is 0 Å². The van der Waals surface area contributed by atoms with E-state index in [1.165, 1.54) is 0 Å². The number of aliphatic hydroxyl groups excluding tert-OH is 1. The van der Waals surface area contributed by atoms with Gasteiger partial charge in [0.15, 0.2) is 0 Å². The predicted molar refractivity (Wildman–Crippen MR) is 76.2 cm³/mol. The van der Waals surface area contributed by atoms with Crippen molar-refractivity contribution in [3.8, 4) is 0 Å². The van der Waals surface area contributed by atoms with Gasteiger partial charge < -0.3 is 10.0 Å². The molecule has 2 unspecified atom stereocenters. The molecule has 1 amide bonds. The number of carbonyl (C=O) groups is 1. The van der Waals surface area contributed by atoms with Gasteiger partial charge in [-0.05, 0) is 38.3 Å². The summed E-state index contributed by atoms with van der Waals surface area (Å²) in [5.74, 6) is 0.314. The average Bonchev–Trinajstić information content (AvgIpc) is 2.41. The molecule has 0 spiro atoms. The van der Waals surface area contributed by atoms with Gasteiger partial charge in [-0.2, -0.15) is 0 Å². The van der Waals surface area contributed by atoms with Crippen molar-refractivity contribution in [1.82, 2.24) is 4.90 Å². The summed E-state index contributed by atoms with van der Waals surface area (Å²) in [5, 5.41) is 9.90. The number of carbonyl (C=O) groups excluding carboxylic acids is 1. The van der Waals surface area contributed by atoms with Crippen molar-refractivity contribution >= 4 is 5.91 Å². The normalized spacial score (nSPS) is 23.5. The standard InChI is InChI=1S/C16H23NO2/c1-4-13-10-17(8-7-15(13)18)16(19)14-9-11(2)5-6-12(14)3/h5-6,9,13,15,18H,4,7-8,10H2,1-3H3. The van der Waals surface area contributed by atoms with E-state index in [4.69, 9.17) is 0 Å². The molecule has 1 fully saturated rings. The second-order valence-corrected chi connectivity index (χ2v) is 5.59. The number of likely N-dealkylation sites (tertiary alicyclic amines) is 1. The maximum atomic E-state index is 12.6. The number of aliphatic hydroxyl groups is 1. The van der Waals surface area contributed by atoms with E-state index >= 15 is 0 Å². The number of rotatable bonds is 2. The summed E-state index contributed by atoms with van der Waals surface area (Å²) in [6.07, 6.45) is 1.35. The molecule has 19 heavy (non-hydrogen) atoms. The zero-order valence-corrected chi connectivity index (χ0v) is 12.0. The fourth-order valence-electron chi connectivity index (χ4n) is 2.74. The van der Waals surface area contributed by atoms with Crippen LogP contribution in [0.5, 0.6) is 0 Å². The molecule has 1 aromatic rings. The first kappa shape index (κ1) is 14.1. The Morgan fingerprint density at radius 2 is 2.16 bits per heavy atom. The van der Waals surface area contributed by atoms with Crippen LogP contribution in [0.1, 0.15) is 41.3 Å². The van der Waals surface area contributed by atoms with Crippen molar-refractivity contribution in [1.29, 1.82) is 0 Å². The lowest BCUT2D eigenvalue weighted by atomic mass is 9.91. The first-order valence-corrected chi connectivity index (χ1v) is 7.07. The highest BCUT2D eigenvalue weighted by Gasteiger charge is 2.29. The van der Waals surface area contributed by atoms with Crippen LogP contribution in [-0.2, 0) is 0 Å². The molecule has 1 N–H and O–H groups in total. The first-order chi connectivity index (χ1) is 9.02. The van der Waals surface area contributed by atoms with Crippen molar-refractivity contribution in [3.63, 3.8) is 0 Å².